The van der Waals surface area contributed by atoms with E-state index in [4.69, 9.17) is 4.74 Å². The van der Waals surface area contributed by atoms with E-state index in [1.807, 2.05) is 13.0 Å². The smallest absolute Gasteiger partial charge is 0.309 e. The van der Waals surface area contributed by atoms with Crippen LogP contribution in [-0.4, -0.2) is 12.6 Å². The molecule has 0 spiro atoms. The van der Waals surface area contributed by atoms with Crippen LogP contribution in [0, 0.1) is 5.92 Å². The van der Waals surface area contributed by atoms with Gasteiger partial charge in [0.05, 0.1) is 13.0 Å². The van der Waals surface area contributed by atoms with Crippen molar-refractivity contribution in [1.29, 1.82) is 0 Å². The molecular formula is C16H28O2. The molecule has 1 atom stereocenters. The Bertz CT molecular complexity index is 273. The Morgan fingerprint density at radius 2 is 1.83 bits per heavy atom. The maximum absolute atomic E-state index is 11.1. The first-order valence-electron chi connectivity index (χ1n) is 7.00. The summed E-state index contributed by atoms with van der Waals surface area (Å²) in [6, 6.07) is 0. The van der Waals surface area contributed by atoms with Crippen LogP contribution in [0.1, 0.15) is 59.8 Å². The van der Waals surface area contributed by atoms with Crippen molar-refractivity contribution < 1.29 is 9.53 Å². The number of esters is 1. The van der Waals surface area contributed by atoms with Crippen molar-refractivity contribution in [2.75, 3.05) is 6.61 Å². The number of hydrogen-bond acceptors (Lipinski definition) is 2. The largest absolute Gasteiger partial charge is 0.466 e. The van der Waals surface area contributed by atoms with Crippen molar-refractivity contribution in [3.8, 4) is 0 Å². The molecule has 0 heterocycles. The lowest BCUT2D eigenvalue weighted by Gasteiger charge is -2.07. The molecule has 2 nitrogen and oxygen atoms in total. The van der Waals surface area contributed by atoms with E-state index in [-0.39, 0.29) is 5.97 Å². The number of rotatable bonds is 9. The molecule has 0 aliphatic carbocycles. The van der Waals surface area contributed by atoms with Crippen molar-refractivity contribution >= 4 is 5.97 Å². The van der Waals surface area contributed by atoms with Crippen LogP contribution in [0.2, 0.25) is 0 Å². The van der Waals surface area contributed by atoms with Crippen LogP contribution in [0.3, 0.4) is 0 Å². The zero-order valence-corrected chi connectivity index (χ0v) is 12.4. The van der Waals surface area contributed by atoms with Gasteiger partial charge in [-0.2, -0.15) is 0 Å². The summed E-state index contributed by atoms with van der Waals surface area (Å²) >= 11 is 0. The quantitative estimate of drug-likeness (QED) is 0.441. The van der Waals surface area contributed by atoms with Gasteiger partial charge in [0, 0.05) is 0 Å². The minimum absolute atomic E-state index is 0.134. The van der Waals surface area contributed by atoms with Gasteiger partial charge in [-0.15, -0.1) is 0 Å². The van der Waals surface area contributed by atoms with Gasteiger partial charge in [0.25, 0.3) is 0 Å². The third kappa shape index (κ3) is 11.4. The maximum atomic E-state index is 11.1. The molecule has 0 saturated heterocycles. The predicted octanol–water partition coefficient (Wildman–Crippen LogP) is 4.66. The monoisotopic (exact) mass is 252 g/mol. The molecule has 104 valence electrons. The van der Waals surface area contributed by atoms with E-state index in [9.17, 15) is 4.79 Å². The average molecular weight is 252 g/mol. The summed E-state index contributed by atoms with van der Waals surface area (Å²) in [5.41, 5.74) is 1.40. The first-order valence-corrected chi connectivity index (χ1v) is 7.00. The Morgan fingerprint density at radius 3 is 2.44 bits per heavy atom. The number of allylic oxidation sites excluding steroid dienone is 3. The summed E-state index contributed by atoms with van der Waals surface area (Å²) < 4.78 is 4.85. The fourth-order valence-corrected chi connectivity index (χ4v) is 1.70. The molecular weight excluding hydrogens is 224 g/mol. The van der Waals surface area contributed by atoms with Gasteiger partial charge in [-0.05, 0) is 52.4 Å². The topological polar surface area (TPSA) is 26.3 Å². The van der Waals surface area contributed by atoms with Crippen LogP contribution < -0.4 is 0 Å². The highest BCUT2D eigenvalue weighted by Gasteiger charge is 2.00. The van der Waals surface area contributed by atoms with Crippen LogP contribution in [0.5, 0.6) is 0 Å². The molecule has 0 aromatic carbocycles. The second-order valence-corrected chi connectivity index (χ2v) is 5.02. The van der Waals surface area contributed by atoms with Gasteiger partial charge >= 0.3 is 5.97 Å². The minimum atomic E-state index is -0.134. The van der Waals surface area contributed by atoms with Crippen molar-refractivity contribution in [3.05, 3.63) is 23.8 Å². The van der Waals surface area contributed by atoms with E-state index in [0.29, 0.717) is 13.0 Å². The molecule has 0 bridgehead atoms. The van der Waals surface area contributed by atoms with E-state index < -0.39 is 0 Å². The van der Waals surface area contributed by atoms with E-state index in [2.05, 4.69) is 32.9 Å². The maximum Gasteiger partial charge on any atom is 0.309 e. The minimum Gasteiger partial charge on any atom is -0.466 e. The first-order chi connectivity index (χ1) is 8.56. The molecule has 0 aromatic heterocycles. The fourth-order valence-electron chi connectivity index (χ4n) is 1.70. The highest BCUT2D eigenvalue weighted by molar-refractivity contribution is 5.71. The molecule has 18 heavy (non-hydrogen) atoms. The Balaban J connectivity index is 3.55. The van der Waals surface area contributed by atoms with E-state index in [1.165, 1.54) is 24.8 Å². The molecule has 2 heteroatoms. The normalized spacial score (nSPS) is 12.4. The molecule has 0 radical (unpaired) electrons. The predicted molar refractivity (Wildman–Crippen MR) is 77.5 cm³/mol. The Kier molecular flexibility index (Phi) is 10.4. The zero-order chi connectivity index (χ0) is 13.8. The summed E-state index contributed by atoms with van der Waals surface area (Å²) in [4.78, 5) is 11.1. The first kappa shape index (κ1) is 16.9. The van der Waals surface area contributed by atoms with Crippen molar-refractivity contribution in [1.82, 2.24) is 0 Å². The van der Waals surface area contributed by atoms with Crippen molar-refractivity contribution in [3.63, 3.8) is 0 Å². The van der Waals surface area contributed by atoms with Crippen molar-refractivity contribution in [2.24, 2.45) is 5.92 Å². The Hall–Kier alpha value is -1.05. The third-order valence-electron chi connectivity index (χ3n) is 2.79. The summed E-state index contributed by atoms with van der Waals surface area (Å²) in [5, 5.41) is 0. The average Bonchev–Trinajstić information content (AvgIpc) is 2.28. The SMILES string of the molecule is CCOC(=O)C/C=C/CCC(C)CCC=C(C)C. The van der Waals surface area contributed by atoms with E-state index >= 15 is 0 Å². The molecule has 0 rings (SSSR count). The van der Waals surface area contributed by atoms with Gasteiger partial charge < -0.3 is 4.74 Å². The van der Waals surface area contributed by atoms with Gasteiger partial charge in [0.2, 0.25) is 0 Å². The molecule has 0 aliphatic heterocycles. The van der Waals surface area contributed by atoms with Gasteiger partial charge in [0.15, 0.2) is 0 Å². The van der Waals surface area contributed by atoms with Crippen molar-refractivity contribution in [2.45, 2.75) is 59.8 Å². The number of carbonyl (C=O) groups excluding carboxylic acids is 1. The molecule has 1 unspecified atom stereocenters. The number of hydrogen-bond donors (Lipinski definition) is 0. The van der Waals surface area contributed by atoms with E-state index in [0.717, 1.165) is 12.3 Å². The summed E-state index contributed by atoms with van der Waals surface area (Å²) in [5.74, 6) is 0.609. The van der Waals surface area contributed by atoms with Gasteiger partial charge in [-0.1, -0.05) is 30.7 Å². The lowest BCUT2D eigenvalue weighted by Crippen LogP contribution is -2.01. The van der Waals surface area contributed by atoms with E-state index in [1.54, 1.807) is 0 Å². The molecule has 0 N–H and O–H groups in total. The summed E-state index contributed by atoms with van der Waals surface area (Å²) in [6.07, 6.45) is 11.4. The van der Waals surface area contributed by atoms with Gasteiger partial charge in [-0.3, -0.25) is 4.79 Å². The van der Waals surface area contributed by atoms with Crippen LogP contribution in [0.4, 0.5) is 0 Å². The standard InChI is InChI=1S/C16H28O2/c1-5-18-16(17)13-8-6-7-11-15(4)12-9-10-14(2)3/h6,8,10,15H,5,7,9,11-13H2,1-4H3/b8-6+. The highest BCUT2D eigenvalue weighted by atomic mass is 16.5. The second kappa shape index (κ2) is 11.1. The van der Waals surface area contributed by atoms with Gasteiger partial charge in [0.1, 0.15) is 0 Å². The molecule has 0 aromatic rings. The second-order valence-electron chi connectivity index (χ2n) is 5.02. The molecule has 0 saturated carbocycles. The Labute approximate surface area is 112 Å². The molecule has 0 aliphatic rings. The number of ether oxygens (including phenoxy) is 1. The summed E-state index contributed by atoms with van der Waals surface area (Å²) in [6.45, 7) is 8.87. The lowest BCUT2D eigenvalue weighted by molar-refractivity contribution is -0.142. The lowest BCUT2D eigenvalue weighted by atomic mass is 9.99. The number of carbonyl (C=O) groups is 1. The van der Waals surface area contributed by atoms with Gasteiger partial charge in [-0.25, -0.2) is 0 Å². The fraction of sp³-hybridized carbons (Fsp3) is 0.688. The highest BCUT2D eigenvalue weighted by Crippen LogP contribution is 2.14. The van der Waals surface area contributed by atoms with Crippen LogP contribution in [-0.2, 0) is 9.53 Å². The zero-order valence-electron chi connectivity index (χ0n) is 12.4. The van der Waals surface area contributed by atoms with Crippen LogP contribution in [0.25, 0.3) is 0 Å². The van der Waals surface area contributed by atoms with Crippen LogP contribution in [0.15, 0.2) is 23.8 Å². The summed E-state index contributed by atoms with van der Waals surface area (Å²) in [7, 11) is 0. The third-order valence-corrected chi connectivity index (χ3v) is 2.79. The van der Waals surface area contributed by atoms with Crippen LogP contribution >= 0.6 is 0 Å². The Morgan fingerprint density at radius 1 is 1.17 bits per heavy atom. The molecule has 0 fully saturated rings. The molecule has 0 amide bonds.